The number of thiazole rings is 1. The number of nitrogens with zero attached hydrogens (tertiary/aromatic N) is 1. The molecule has 1 aromatic carbocycles. The molecule has 1 heterocycles. The zero-order valence-electron chi connectivity index (χ0n) is 23.1. The van der Waals surface area contributed by atoms with E-state index in [1.807, 2.05) is 13.8 Å². The molecule has 1 fully saturated rings. The van der Waals surface area contributed by atoms with E-state index < -0.39 is 44.7 Å². The first-order chi connectivity index (χ1) is 18.5. The molecule has 0 radical (unpaired) electrons. The van der Waals surface area contributed by atoms with E-state index in [9.17, 15) is 26.8 Å². The largest absolute Gasteiger partial charge is 0.444 e. The average Bonchev–Trinajstić information content (AvgIpc) is 3.16. The van der Waals surface area contributed by atoms with Gasteiger partial charge in [-0.2, -0.15) is 0 Å². The maximum absolute atomic E-state index is 14.8. The van der Waals surface area contributed by atoms with Crippen LogP contribution in [0.2, 0.25) is 5.15 Å². The Hall–Kier alpha value is -2.35. The van der Waals surface area contributed by atoms with Gasteiger partial charge >= 0.3 is 6.09 Å². The first-order valence-electron chi connectivity index (χ1n) is 13.0. The number of sulfonamides is 1. The summed E-state index contributed by atoms with van der Waals surface area (Å²) in [6.07, 6.45) is 1.84. The van der Waals surface area contributed by atoms with Crippen molar-refractivity contribution in [2.75, 3.05) is 11.1 Å². The number of benzene rings is 1. The number of rotatable bonds is 10. The second-order valence-corrected chi connectivity index (χ2v) is 14.4. The molecular weight excluding hydrogens is 586 g/mol. The van der Waals surface area contributed by atoms with E-state index in [0.29, 0.717) is 30.8 Å². The van der Waals surface area contributed by atoms with Crippen molar-refractivity contribution in [3.63, 3.8) is 0 Å². The van der Waals surface area contributed by atoms with Crippen molar-refractivity contribution in [3.05, 3.63) is 44.9 Å². The van der Waals surface area contributed by atoms with Crippen molar-refractivity contribution in [1.82, 2.24) is 15.0 Å². The van der Waals surface area contributed by atoms with Gasteiger partial charge in [-0.3, -0.25) is 4.79 Å². The minimum Gasteiger partial charge on any atom is -0.444 e. The number of ether oxygens (including phenoxy) is 1. The van der Waals surface area contributed by atoms with Crippen LogP contribution in [0.4, 0.5) is 18.7 Å². The molecule has 0 spiro atoms. The van der Waals surface area contributed by atoms with Gasteiger partial charge in [0.2, 0.25) is 15.8 Å². The van der Waals surface area contributed by atoms with Crippen LogP contribution in [0.25, 0.3) is 0 Å². The molecule has 3 N–H and O–H groups in total. The Morgan fingerprint density at radius 1 is 1.12 bits per heavy atom. The molecule has 2 aromatic rings. The number of carbonyl (C=O) groups excluding carboxylic acids is 2. The number of nitrogens with one attached hydrogen (secondary N) is 3. The quantitative estimate of drug-likeness (QED) is 0.294. The summed E-state index contributed by atoms with van der Waals surface area (Å²) in [5.74, 6) is -3.03. The van der Waals surface area contributed by atoms with Crippen LogP contribution in [-0.2, 0) is 21.3 Å². The van der Waals surface area contributed by atoms with E-state index in [0.717, 1.165) is 23.5 Å². The maximum atomic E-state index is 14.8. The van der Waals surface area contributed by atoms with Gasteiger partial charge in [0.15, 0.2) is 10.3 Å². The molecule has 0 atom stereocenters. The van der Waals surface area contributed by atoms with Crippen molar-refractivity contribution < 1.29 is 31.5 Å². The molecule has 1 aromatic heterocycles. The molecule has 1 aliphatic carbocycles. The molecule has 222 valence electrons. The number of carbonyl (C=O) groups is 2. The number of halogens is 3. The van der Waals surface area contributed by atoms with Crippen molar-refractivity contribution in [2.24, 2.45) is 5.92 Å². The minimum atomic E-state index is -3.34. The van der Waals surface area contributed by atoms with Gasteiger partial charge in [0.1, 0.15) is 22.1 Å². The van der Waals surface area contributed by atoms with Crippen LogP contribution in [0, 0.1) is 17.6 Å². The van der Waals surface area contributed by atoms with Crippen molar-refractivity contribution in [2.45, 2.75) is 84.5 Å². The fourth-order valence-electron chi connectivity index (χ4n) is 4.32. The summed E-state index contributed by atoms with van der Waals surface area (Å²) < 4.78 is 62.0. The lowest BCUT2D eigenvalue weighted by atomic mass is 9.92. The second kappa shape index (κ2) is 13.1. The van der Waals surface area contributed by atoms with Gasteiger partial charge in [-0.05, 0) is 70.1 Å². The molecule has 1 amide bonds. The molecule has 0 aliphatic heterocycles. The van der Waals surface area contributed by atoms with Gasteiger partial charge in [-0.1, -0.05) is 36.8 Å². The van der Waals surface area contributed by atoms with Crippen molar-refractivity contribution in [1.29, 1.82) is 0 Å². The van der Waals surface area contributed by atoms with Crippen LogP contribution < -0.4 is 15.4 Å². The molecule has 40 heavy (non-hydrogen) atoms. The number of amides is 1. The SMILES string of the molecule is CC(C)CS(=O)(=O)NC1CCC(Nc2nc(Cl)c(C(=O)c3c(F)cc(CNC(=O)OC(C)(C)C)cc3F)s2)CC1. The fraction of sp³-hybridized carbons (Fsp3) is 0.577. The predicted octanol–water partition coefficient (Wildman–Crippen LogP) is 5.63. The van der Waals surface area contributed by atoms with Crippen LogP contribution in [0.3, 0.4) is 0 Å². The second-order valence-electron chi connectivity index (χ2n) is 11.2. The fourth-order valence-corrected chi connectivity index (χ4v) is 7.26. The summed E-state index contributed by atoms with van der Waals surface area (Å²) in [5, 5.41) is 5.76. The summed E-state index contributed by atoms with van der Waals surface area (Å²) in [5.41, 5.74) is -1.39. The Kier molecular flexibility index (Phi) is 10.5. The van der Waals surface area contributed by atoms with Gasteiger partial charge in [0.05, 0.1) is 11.3 Å². The summed E-state index contributed by atoms with van der Waals surface area (Å²) in [6.45, 7) is 8.55. The Bertz CT molecular complexity index is 1310. The summed E-state index contributed by atoms with van der Waals surface area (Å²) >= 11 is 7.07. The third-order valence-electron chi connectivity index (χ3n) is 5.91. The third kappa shape index (κ3) is 9.35. The van der Waals surface area contributed by atoms with Gasteiger partial charge in [-0.25, -0.2) is 31.7 Å². The molecule has 1 aliphatic rings. The van der Waals surface area contributed by atoms with Gasteiger partial charge in [-0.15, -0.1) is 0 Å². The number of alkyl carbamates (subject to hydrolysis) is 1. The lowest BCUT2D eigenvalue weighted by Crippen LogP contribution is -2.41. The Labute approximate surface area is 242 Å². The van der Waals surface area contributed by atoms with Crippen LogP contribution in [-0.4, -0.2) is 48.7 Å². The lowest BCUT2D eigenvalue weighted by molar-refractivity contribution is 0.0523. The minimum absolute atomic E-state index is 0.0266. The van der Waals surface area contributed by atoms with Gasteiger partial charge < -0.3 is 15.4 Å². The first kappa shape index (κ1) is 32.2. The summed E-state index contributed by atoms with van der Waals surface area (Å²) in [7, 11) is -3.34. The predicted molar refractivity (Wildman–Crippen MR) is 151 cm³/mol. The molecule has 14 heteroatoms. The topological polar surface area (TPSA) is 126 Å². The molecule has 0 unspecified atom stereocenters. The highest BCUT2D eigenvalue weighted by Gasteiger charge is 2.28. The molecule has 1 saturated carbocycles. The Morgan fingerprint density at radius 2 is 1.70 bits per heavy atom. The Balaban J connectivity index is 1.62. The number of aromatic nitrogens is 1. The monoisotopic (exact) mass is 620 g/mol. The van der Waals surface area contributed by atoms with E-state index in [1.54, 1.807) is 20.8 Å². The number of hydrogen-bond donors (Lipinski definition) is 3. The number of hydrogen-bond acceptors (Lipinski definition) is 8. The smallest absolute Gasteiger partial charge is 0.407 e. The van der Waals surface area contributed by atoms with E-state index >= 15 is 0 Å². The lowest BCUT2D eigenvalue weighted by Gasteiger charge is -2.29. The Morgan fingerprint density at radius 3 is 2.25 bits per heavy atom. The van der Waals surface area contributed by atoms with Crippen LogP contribution >= 0.6 is 22.9 Å². The third-order valence-corrected chi connectivity index (χ3v) is 9.08. The van der Waals surface area contributed by atoms with E-state index in [1.165, 1.54) is 0 Å². The highest BCUT2D eigenvalue weighted by atomic mass is 35.5. The molecule has 0 saturated heterocycles. The molecule has 3 rings (SSSR count). The summed E-state index contributed by atoms with van der Waals surface area (Å²) in [4.78, 5) is 28.9. The van der Waals surface area contributed by atoms with Crippen LogP contribution in [0.1, 0.15) is 81.1 Å². The highest BCUT2D eigenvalue weighted by molar-refractivity contribution is 7.89. The summed E-state index contributed by atoms with van der Waals surface area (Å²) in [6, 6.07) is 1.76. The average molecular weight is 621 g/mol. The molecule has 0 bridgehead atoms. The number of anilines is 1. The van der Waals surface area contributed by atoms with Crippen LogP contribution in [0.15, 0.2) is 12.1 Å². The van der Waals surface area contributed by atoms with Gasteiger partial charge in [0, 0.05) is 18.6 Å². The standard InChI is InChI=1S/C26H35ClF2N4O5S2/c1-14(2)13-40(36,37)33-17-8-6-16(7-9-17)31-24-32-23(27)22(39-24)21(34)20-18(28)10-15(11-19(20)29)12-30-25(35)38-26(3,4)5/h10-11,14,16-17,33H,6-9,12-13H2,1-5H3,(H,30,35)(H,31,32). The maximum Gasteiger partial charge on any atom is 0.407 e. The zero-order valence-corrected chi connectivity index (χ0v) is 25.5. The molecular formula is C26H35ClF2N4O5S2. The number of ketones is 1. The zero-order chi connectivity index (χ0) is 29.8. The van der Waals surface area contributed by atoms with Crippen molar-refractivity contribution >= 4 is 50.0 Å². The first-order valence-corrected chi connectivity index (χ1v) is 15.8. The normalized spacial score (nSPS) is 18.0. The van der Waals surface area contributed by atoms with E-state index in [2.05, 4.69) is 20.3 Å². The van der Waals surface area contributed by atoms with Gasteiger partial charge in [0.25, 0.3) is 0 Å². The van der Waals surface area contributed by atoms with Crippen LogP contribution in [0.5, 0.6) is 0 Å². The highest BCUT2D eigenvalue weighted by Crippen LogP contribution is 2.33. The molecule has 9 nitrogen and oxygen atoms in total. The van der Waals surface area contributed by atoms with E-state index in [-0.39, 0.29) is 45.9 Å². The van der Waals surface area contributed by atoms with E-state index in [4.69, 9.17) is 16.3 Å². The van der Waals surface area contributed by atoms with Crippen molar-refractivity contribution in [3.8, 4) is 0 Å².